The molecule has 1 aliphatic carbocycles. The number of fused-ring (bicyclic) bond motifs is 1. The number of carbonyl (C=O) groups is 3. The first kappa shape index (κ1) is 13.3. The number of rotatable bonds is 2. The second-order valence-corrected chi connectivity index (χ2v) is 6.26. The summed E-state index contributed by atoms with van der Waals surface area (Å²) in [6.45, 7) is 0. The largest absolute Gasteiger partial charge is 0.344 e. The lowest BCUT2D eigenvalue weighted by Crippen LogP contribution is -2.53. The van der Waals surface area contributed by atoms with E-state index in [1.54, 1.807) is 11.3 Å². The summed E-state index contributed by atoms with van der Waals surface area (Å²) >= 11 is 1.69. The number of amides is 3. The molecule has 2 aliphatic rings. The molecule has 0 spiro atoms. The summed E-state index contributed by atoms with van der Waals surface area (Å²) in [6, 6.07) is 1.43. The molecule has 1 aromatic rings. The molecule has 106 valence electrons. The van der Waals surface area contributed by atoms with E-state index in [-0.39, 0.29) is 24.2 Å². The highest BCUT2D eigenvalue weighted by Gasteiger charge is 2.32. The van der Waals surface area contributed by atoms with Gasteiger partial charge in [0.25, 0.3) is 0 Å². The van der Waals surface area contributed by atoms with Crippen LogP contribution in [0.4, 0.5) is 0 Å². The fourth-order valence-corrected chi connectivity index (χ4v) is 3.85. The van der Waals surface area contributed by atoms with Crippen molar-refractivity contribution in [2.45, 2.75) is 44.1 Å². The van der Waals surface area contributed by atoms with E-state index in [4.69, 9.17) is 0 Å². The molecule has 2 atom stereocenters. The van der Waals surface area contributed by atoms with Gasteiger partial charge in [0.2, 0.25) is 17.7 Å². The molecule has 20 heavy (non-hydrogen) atoms. The Labute approximate surface area is 120 Å². The van der Waals surface area contributed by atoms with Crippen LogP contribution >= 0.6 is 11.3 Å². The van der Waals surface area contributed by atoms with Gasteiger partial charge in [-0.1, -0.05) is 0 Å². The first-order valence-corrected chi connectivity index (χ1v) is 7.73. The number of hydrogen-bond donors (Lipinski definition) is 2. The Balaban J connectivity index is 1.69. The molecular weight excluding hydrogens is 276 g/mol. The molecular formula is C14H16N2O3S. The zero-order valence-corrected chi connectivity index (χ0v) is 11.8. The maximum absolute atomic E-state index is 12.4. The number of imide groups is 1. The van der Waals surface area contributed by atoms with Gasteiger partial charge in [0, 0.05) is 11.3 Å². The molecule has 2 N–H and O–H groups in total. The van der Waals surface area contributed by atoms with E-state index in [9.17, 15) is 14.4 Å². The quantitative estimate of drug-likeness (QED) is 0.801. The van der Waals surface area contributed by atoms with E-state index in [2.05, 4.69) is 10.6 Å². The van der Waals surface area contributed by atoms with Crippen molar-refractivity contribution in [1.82, 2.24) is 10.6 Å². The average Bonchev–Trinajstić information content (AvgIpc) is 2.90. The van der Waals surface area contributed by atoms with Crippen molar-refractivity contribution in [3.05, 3.63) is 21.9 Å². The van der Waals surface area contributed by atoms with Crippen LogP contribution in [0.1, 0.15) is 42.0 Å². The van der Waals surface area contributed by atoms with Gasteiger partial charge in [-0.05, 0) is 42.7 Å². The highest BCUT2D eigenvalue weighted by atomic mass is 32.1. The number of piperidine rings is 1. The molecule has 0 aromatic carbocycles. The van der Waals surface area contributed by atoms with Crippen molar-refractivity contribution in [3.63, 3.8) is 0 Å². The summed E-state index contributed by atoms with van der Waals surface area (Å²) in [5.74, 6) is -0.913. The summed E-state index contributed by atoms with van der Waals surface area (Å²) in [6.07, 6.45) is 3.53. The minimum absolute atomic E-state index is 0.0983. The van der Waals surface area contributed by atoms with E-state index >= 15 is 0 Å². The Kier molecular flexibility index (Phi) is 3.56. The van der Waals surface area contributed by atoms with Crippen molar-refractivity contribution in [2.75, 3.05) is 0 Å². The molecule has 1 aliphatic heterocycles. The predicted molar refractivity (Wildman–Crippen MR) is 74.3 cm³/mol. The Morgan fingerprint density at radius 2 is 2.15 bits per heavy atom. The number of aryl methyl sites for hydroxylation is 1. The molecule has 1 aromatic heterocycles. The first-order valence-electron chi connectivity index (χ1n) is 6.85. The monoisotopic (exact) mass is 292 g/mol. The van der Waals surface area contributed by atoms with Crippen molar-refractivity contribution in [2.24, 2.45) is 0 Å². The van der Waals surface area contributed by atoms with Crippen LogP contribution in [0.2, 0.25) is 0 Å². The van der Waals surface area contributed by atoms with Crippen LogP contribution in [0.5, 0.6) is 0 Å². The van der Waals surface area contributed by atoms with Crippen LogP contribution in [0.3, 0.4) is 0 Å². The van der Waals surface area contributed by atoms with Crippen LogP contribution in [-0.4, -0.2) is 23.8 Å². The Hall–Kier alpha value is -1.69. The summed E-state index contributed by atoms with van der Waals surface area (Å²) in [4.78, 5) is 36.4. The molecule has 3 amide bonds. The van der Waals surface area contributed by atoms with Gasteiger partial charge in [0.15, 0.2) is 0 Å². The maximum Gasteiger partial charge on any atom is 0.249 e. The second-order valence-electron chi connectivity index (χ2n) is 5.26. The summed E-state index contributed by atoms with van der Waals surface area (Å²) in [5, 5.41) is 7.07. The van der Waals surface area contributed by atoms with Crippen molar-refractivity contribution in [1.29, 1.82) is 0 Å². The molecule has 0 saturated carbocycles. The molecule has 2 unspecified atom stereocenters. The SMILES string of the molecule is O=C1CCC(NC(=O)C2CCCc3sccc32)C(=O)N1. The zero-order valence-electron chi connectivity index (χ0n) is 11.0. The van der Waals surface area contributed by atoms with Crippen molar-refractivity contribution in [3.8, 4) is 0 Å². The average molecular weight is 292 g/mol. The van der Waals surface area contributed by atoms with Crippen LogP contribution in [-0.2, 0) is 20.8 Å². The molecule has 0 radical (unpaired) electrons. The third-order valence-electron chi connectivity index (χ3n) is 3.92. The number of carbonyl (C=O) groups excluding carboxylic acids is 3. The lowest BCUT2D eigenvalue weighted by Gasteiger charge is -2.26. The van der Waals surface area contributed by atoms with Gasteiger partial charge in [-0.3, -0.25) is 19.7 Å². The summed E-state index contributed by atoms with van der Waals surface area (Å²) < 4.78 is 0. The van der Waals surface area contributed by atoms with Gasteiger partial charge in [0.05, 0.1) is 5.92 Å². The van der Waals surface area contributed by atoms with E-state index in [1.807, 2.05) is 11.4 Å². The van der Waals surface area contributed by atoms with Crippen molar-refractivity contribution >= 4 is 29.1 Å². The third-order valence-corrected chi connectivity index (χ3v) is 4.92. The minimum Gasteiger partial charge on any atom is -0.344 e. The maximum atomic E-state index is 12.4. The number of thiophene rings is 1. The van der Waals surface area contributed by atoms with Crippen LogP contribution in [0.15, 0.2) is 11.4 Å². The topological polar surface area (TPSA) is 75.3 Å². The molecule has 6 heteroatoms. The fourth-order valence-electron chi connectivity index (χ4n) is 2.86. The van der Waals surface area contributed by atoms with Gasteiger partial charge in [-0.15, -0.1) is 11.3 Å². The number of nitrogens with one attached hydrogen (secondary N) is 2. The van der Waals surface area contributed by atoms with Crippen LogP contribution < -0.4 is 10.6 Å². The normalized spacial score (nSPS) is 25.8. The van der Waals surface area contributed by atoms with E-state index in [1.165, 1.54) is 4.88 Å². The summed E-state index contributed by atoms with van der Waals surface area (Å²) in [7, 11) is 0. The van der Waals surface area contributed by atoms with Crippen molar-refractivity contribution < 1.29 is 14.4 Å². The lowest BCUT2D eigenvalue weighted by atomic mass is 9.87. The second kappa shape index (κ2) is 5.36. The molecule has 5 nitrogen and oxygen atoms in total. The van der Waals surface area contributed by atoms with E-state index in [0.717, 1.165) is 24.8 Å². The third kappa shape index (κ3) is 2.47. The number of hydrogen-bond acceptors (Lipinski definition) is 4. The van der Waals surface area contributed by atoms with Crippen LogP contribution in [0, 0.1) is 0 Å². The molecule has 2 heterocycles. The highest BCUT2D eigenvalue weighted by molar-refractivity contribution is 7.10. The predicted octanol–water partition coefficient (Wildman–Crippen LogP) is 1.09. The fraction of sp³-hybridized carbons (Fsp3) is 0.500. The van der Waals surface area contributed by atoms with Gasteiger partial charge in [0.1, 0.15) is 6.04 Å². The molecule has 0 bridgehead atoms. The highest BCUT2D eigenvalue weighted by Crippen LogP contribution is 2.35. The summed E-state index contributed by atoms with van der Waals surface area (Å²) in [5.41, 5.74) is 1.10. The van der Waals surface area contributed by atoms with Gasteiger partial charge >= 0.3 is 0 Å². The Bertz CT molecular complexity index is 567. The molecule has 3 rings (SSSR count). The lowest BCUT2D eigenvalue weighted by molar-refractivity contribution is -0.137. The first-order chi connectivity index (χ1) is 9.65. The zero-order chi connectivity index (χ0) is 14.1. The van der Waals surface area contributed by atoms with Gasteiger partial charge in [-0.25, -0.2) is 0 Å². The van der Waals surface area contributed by atoms with Crippen LogP contribution in [0.25, 0.3) is 0 Å². The Morgan fingerprint density at radius 1 is 1.30 bits per heavy atom. The van der Waals surface area contributed by atoms with E-state index in [0.29, 0.717) is 6.42 Å². The smallest absolute Gasteiger partial charge is 0.249 e. The standard InChI is InChI=1S/C14H16N2O3S/c17-12-5-4-10(14(19)16-12)15-13(18)9-2-1-3-11-8(9)6-7-20-11/h6-7,9-10H,1-5H2,(H,15,18)(H,16,17,19). The molecule has 1 saturated heterocycles. The molecule has 1 fully saturated rings. The van der Waals surface area contributed by atoms with Gasteiger partial charge < -0.3 is 5.32 Å². The Morgan fingerprint density at radius 3 is 2.95 bits per heavy atom. The minimum atomic E-state index is -0.579. The van der Waals surface area contributed by atoms with E-state index < -0.39 is 11.9 Å². The van der Waals surface area contributed by atoms with Gasteiger partial charge in [-0.2, -0.15) is 0 Å².